The zero-order valence-electron chi connectivity index (χ0n) is 8.09. The van der Waals surface area contributed by atoms with E-state index in [2.05, 4.69) is 19.0 Å². The van der Waals surface area contributed by atoms with Crippen molar-refractivity contribution in [3.63, 3.8) is 0 Å². The highest BCUT2D eigenvalue weighted by Gasteiger charge is 2.25. The van der Waals surface area contributed by atoms with Gasteiger partial charge in [-0.2, -0.15) is 5.16 Å². The fraction of sp³-hybridized carbons (Fsp3) is 0.700. The normalized spacial score (nSPS) is 21.9. The van der Waals surface area contributed by atoms with E-state index in [1.165, 1.54) is 0 Å². The Bertz CT molecular complexity index is 348. The van der Waals surface area contributed by atoms with E-state index in [4.69, 9.17) is 4.52 Å². The predicted octanol–water partition coefficient (Wildman–Crippen LogP) is 1.73. The number of rotatable bonds is 1. The molecule has 0 spiro atoms. The van der Waals surface area contributed by atoms with E-state index in [1.807, 2.05) is 0 Å². The summed E-state index contributed by atoms with van der Waals surface area (Å²) in [6.45, 7) is 4.42. The summed E-state index contributed by atoms with van der Waals surface area (Å²) in [7, 11) is 0. The molecule has 13 heavy (non-hydrogen) atoms. The molecule has 0 aromatic carbocycles. The average Bonchev–Trinajstić information content (AvgIpc) is 2.47. The van der Waals surface area contributed by atoms with Gasteiger partial charge in [0.2, 0.25) is 0 Å². The van der Waals surface area contributed by atoms with Gasteiger partial charge in [0, 0.05) is 6.42 Å². The third-order valence-electron chi connectivity index (χ3n) is 3.03. The van der Waals surface area contributed by atoms with Gasteiger partial charge < -0.3 is 4.52 Å². The summed E-state index contributed by atoms with van der Waals surface area (Å²) >= 11 is 0. The highest BCUT2D eigenvalue weighted by atomic mass is 16.5. The third kappa shape index (κ3) is 1.43. The van der Waals surface area contributed by atoms with Gasteiger partial charge in [-0.15, -0.1) is 0 Å². The number of aromatic amines is 1. The molecule has 0 fully saturated rings. The Labute approximate surface area is 77.1 Å². The van der Waals surface area contributed by atoms with Crippen LogP contribution >= 0.6 is 0 Å². The number of hydrogen-bond donors (Lipinski definition) is 1. The van der Waals surface area contributed by atoms with Gasteiger partial charge in [0.15, 0.2) is 0 Å². The Kier molecular flexibility index (Phi) is 2.02. The number of aromatic nitrogens is 1. The first-order chi connectivity index (χ1) is 6.18. The Morgan fingerprint density at radius 1 is 1.54 bits per heavy atom. The van der Waals surface area contributed by atoms with Crippen LogP contribution in [0.3, 0.4) is 0 Å². The summed E-state index contributed by atoms with van der Waals surface area (Å²) in [4.78, 5) is 11.3. The minimum Gasteiger partial charge on any atom is -0.383 e. The molecular weight excluding hydrogens is 166 g/mol. The zero-order valence-corrected chi connectivity index (χ0v) is 8.09. The van der Waals surface area contributed by atoms with E-state index in [9.17, 15) is 4.79 Å². The summed E-state index contributed by atoms with van der Waals surface area (Å²) in [5.41, 5.74) is 0.852. The Hall–Kier alpha value is -0.990. The number of fused-ring (bicyclic) bond motifs is 1. The van der Waals surface area contributed by atoms with Gasteiger partial charge in [0.05, 0.1) is 5.56 Å². The highest BCUT2D eigenvalue weighted by Crippen LogP contribution is 2.27. The van der Waals surface area contributed by atoms with Crippen LogP contribution in [0, 0.1) is 11.8 Å². The second kappa shape index (κ2) is 3.05. The van der Waals surface area contributed by atoms with Gasteiger partial charge >= 0.3 is 0 Å². The van der Waals surface area contributed by atoms with Crippen LogP contribution in [-0.2, 0) is 12.8 Å². The molecule has 1 aromatic heterocycles. The van der Waals surface area contributed by atoms with Crippen molar-refractivity contribution in [1.29, 1.82) is 0 Å². The summed E-state index contributed by atoms with van der Waals surface area (Å²) in [6.07, 6.45) is 2.95. The van der Waals surface area contributed by atoms with Gasteiger partial charge in [-0.25, -0.2) is 0 Å². The molecule has 0 saturated carbocycles. The van der Waals surface area contributed by atoms with Gasteiger partial charge in [0.25, 0.3) is 5.56 Å². The summed E-state index contributed by atoms with van der Waals surface area (Å²) in [6, 6.07) is 0. The molecule has 1 N–H and O–H groups in total. The van der Waals surface area contributed by atoms with E-state index in [0.717, 1.165) is 30.6 Å². The second-order valence-corrected chi connectivity index (χ2v) is 4.18. The number of nitrogens with one attached hydrogen (secondary N) is 1. The molecule has 1 heterocycles. The van der Waals surface area contributed by atoms with Crippen LogP contribution in [0.25, 0.3) is 0 Å². The van der Waals surface area contributed by atoms with Crippen molar-refractivity contribution in [2.24, 2.45) is 11.8 Å². The maximum absolute atomic E-state index is 11.3. The number of hydrogen-bond acceptors (Lipinski definition) is 2. The molecule has 1 aromatic rings. The molecule has 0 aliphatic heterocycles. The van der Waals surface area contributed by atoms with Crippen LogP contribution in [0.4, 0.5) is 0 Å². The van der Waals surface area contributed by atoms with Crippen LogP contribution in [0.2, 0.25) is 0 Å². The molecule has 0 radical (unpaired) electrons. The Morgan fingerprint density at radius 3 is 3.00 bits per heavy atom. The number of H-pyrrole nitrogens is 1. The lowest BCUT2D eigenvalue weighted by Gasteiger charge is -2.23. The molecule has 0 unspecified atom stereocenters. The molecule has 72 valence electrons. The van der Waals surface area contributed by atoms with E-state index < -0.39 is 0 Å². The quantitative estimate of drug-likeness (QED) is 0.717. The van der Waals surface area contributed by atoms with Gasteiger partial charge in [-0.1, -0.05) is 13.8 Å². The van der Waals surface area contributed by atoms with Crippen molar-refractivity contribution in [1.82, 2.24) is 5.16 Å². The minimum absolute atomic E-state index is 0.0275. The van der Waals surface area contributed by atoms with Crippen LogP contribution in [-0.4, -0.2) is 5.16 Å². The van der Waals surface area contributed by atoms with Gasteiger partial charge in [0.1, 0.15) is 5.76 Å². The molecule has 1 aliphatic carbocycles. The minimum atomic E-state index is -0.0275. The standard InChI is InChI=1S/C10H15NO2/c1-6(2)7-3-4-9-8(5-7)10(12)11-13-9/h6-7H,3-5H2,1-2H3,(H,11,12)/t7-/m0/s1. The van der Waals surface area contributed by atoms with Crippen molar-refractivity contribution in [3.8, 4) is 0 Å². The van der Waals surface area contributed by atoms with Crippen LogP contribution in [0.5, 0.6) is 0 Å². The van der Waals surface area contributed by atoms with Crippen molar-refractivity contribution in [3.05, 3.63) is 21.7 Å². The Morgan fingerprint density at radius 2 is 2.31 bits per heavy atom. The molecule has 0 amide bonds. The first kappa shape index (κ1) is 8.60. The molecule has 1 aliphatic rings. The first-order valence-corrected chi connectivity index (χ1v) is 4.87. The lowest BCUT2D eigenvalue weighted by atomic mass is 9.81. The SMILES string of the molecule is CC(C)[C@H]1CCc2o[nH]c(=O)c2C1. The van der Waals surface area contributed by atoms with Crippen molar-refractivity contribution >= 4 is 0 Å². The smallest absolute Gasteiger partial charge is 0.283 e. The third-order valence-corrected chi connectivity index (χ3v) is 3.03. The molecular formula is C10H15NO2. The molecule has 0 saturated heterocycles. The van der Waals surface area contributed by atoms with Crippen molar-refractivity contribution < 1.29 is 4.52 Å². The number of aryl methyl sites for hydroxylation is 1. The summed E-state index contributed by atoms with van der Waals surface area (Å²) < 4.78 is 5.08. The van der Waals surface area contributed by atoms with Crippen LogP contribution < -0.4 is 5.56 Å². The van der Waals surface area contributed by atoms with E-state index in [1.54, 1.807) is 0 Å². The monoisotopic (exact) mass is 181 g/mol. The maximum Gasteiger partial charge on any atom is 0.283 e. The fourth-order valence-corrected chi connectivity index (χ4v) is 2.02. The van der Waals surface area contributed by atoms with Crippen molar-refractivity contribution in [2.75, 3.05) is 0 Å². The van der Waals surface area contributed by atoms with Crippen LogP contribution in [0.15, 0.2) is 9.32 Å². The predicted molar refractivity (Wildman–Crippen MR) is 49.7 cm³/mol. The van der Waals surface area contributed by atoms with Gasteiger partial charge in [-0.3, -0.25) is 4.79 Å². The lowest BCUT2D eigenvalue weighted by molar-refractivity contribution is 0.305. The van der Waals surface area contributed by atoms with Gasteiger partial charge in [-0.05, 0) is 24.7 Å². The highest BCUT2D eigenvalue weighted by molar-refractivity contribution is 5.17. The summed E-state index contributed by atoms with van der Waals surface area (Å²) in [5.74, 6) is 2.18. The van der Waals surface area contributed by atoms with E-state index in [-0.39, 0.29) is 5.56 Å². The zero-order chi connectivity index (χ0) is 9.42. The topological polar surface area (TPSA) is 46.0 Å². The summed E-state index contributed by atoms with van der Waals surface area (Å²) in [5, 5.41) is 2.41. The Balaban J connectivity index is 2.28. The average molecular weight is 181 g/mol. The lowest BCUT2D eigenvalue weighted by Crippen LogP contribution is -2.22. The first-order valence-electron chi connectivity index (χ1n) is 4.87. The largest absolute Gasteiger partial charge is 0.383 e. The van der Waals surface area contributed by atoms with Crippen molar-refractivity contribution in [2.45, 2.75) is 33.1 Å². The molecule has 0 bridgehead atoms. The molecule has 1 atom stereocenters. The van der Waals surface area contributed by atoms with E-state index in [0.29, 0.717) is 11.8 Å². The second-order valence-electron chi connectivity index (χ2n) is 4.18. The fourth-order valence-electron chi connectivity index (χ4n) is 2.02. The van der Waals surface area contributed by atoms with Crippen LogP contribution in [0.1, 0.15) is 31.6 Å². The molecule has 3 heteroatoms. The molecule has 3 nitrogen and oxygen atoms in total. The van der Waals surface area contributed by atoms with E-state index >= 15 is 0 Å². The molecule has 2 rings (SSSR count). The maximum atomic E-state index is 11.3.